The van der Waals surface area contributed by atoms with Crippen molar-refractivity contribution in [2.24, 2.45) is 5.73 Å². The fourth-order valence-corrected chi connectivity index (χ4v) is 2.31. The number of hydrogen-bond acceptors (Lipinski definition) is 4. The Morgan fingerprint density at radius 1 is 1.21 bits per heavy atom. The molecule has 0 heterocycles. The molecule has 1 aromatic carbocycles. The lowest BCUT2D eigenvalue weighted by atomic mass is 10.1. The van der Waals surface area contributed by atoms with Gasteiger partial charge in [0.2, 0.25) is 0 Å². The molecule has 2 N–H and O–H groups in total. The molecule has 0 saturated heterocycles. The van der Waals surface area contributed by atoms with Crippen LogP contribution in [0.1, 0.15) is 18.5 Å². The van der Waals surface area contributed by atoms with Gasteiger partial charge in [-0.15, -0.1) is 0 Å². The van der Waals surface area contributed by atoms with Crippen LogP contribution < -0.4 is 10.6 Å². The molecule has 1 rings (SSSR count). The number of benzene rings is 1. The van der Waals surface area contributed by atoms with Crippen molar-refractivity contribution in [1.29, 1.82) is 0 Å². The molecule has 0 aliphatic carbocycles. The van der Waals surface area contributed by atoms with Crippen LogP contribution in [-0.4, -0.2) is 40.5 Å². The molecule has 5 heteroatoms. The maximum atomic E-state index is 6.07. The third kappa shape index (κ3) is 5.10. The molecule has 1 atom stereocenters. The van der Waals surface area contributed by atoms with E-state index in [1.165, 1.54) is 0 Å². The molecule has 0 spiro atoms. The molecule has 4 nitrogen and oxygen atoms in total. The Morgan fingerprint density at radius 3 is 2.26 bits per heavy atom. The summed E-state index contributed by atoms with van der Waals surface area (Å²) in [5.41, 5.74) is 8.34. The summed E-state index contributed by atoms with van der Waals surface area (Å²) in [6, 6.07) is 6.19. The average molecular weight is 331 g/mol. The number of anilines is 1. The van der Waals surface area contributed by atoms with E-state index in [1.54, 1.807) is 14.2 Å². The van der Waals surface area contributed by atoms with Crippen molar-refractivity contribution in [3.05, 3.63) is 28.2 Å². The minimum Gasteiger partial charge on any atom is -0.383 e. The summed E-state index contributed by atoms with van der Waals surface area (Å²) < 4.78 is 11.4. The summed E-state index contributed by atoms with van der Waals surface area (Å²) in [5, 5.41) is 0. The number of nitrogens with two attached hydrogens (primary N) is 1. The van der Waals surface area contributed by atoms with Gasteiger partial charge in [-0.05, 0) is 30.7 Å². The fourth-order valence-electron chi connectivity index (χ4n) is 1.93. The van der Waals surface area contributed by atoms with Gasteiger partial charge in [0.15, 0.2) is 0 Å². The first-order valence-electron chi connectivity index (χ1n) is 6.38. The van der Waals surface area contributed by atoms with E-state index in [4.69, 9.17) is 15.2 Å². The molecule has 0 saturated carbocycles. The van der Waals surface area contributed by atoms with Gasteiger partial charge in [-0.25, -0.2) is 0 Å². The number of methoxy groups -OCH3 is 2. The summed E-state index contributed by atoms with van der Waals surface area (Å²) in [5.74, 6) is 0. The number of ether oxygens (including phenoxy) is 2. The maximum Gasteiger partial charge on any atom is 0.0637 e. The lowest BCUT2D eigenvalue weighted by Gasteiger charge is -2.28. The highest BCUT2D eigenvalue weighted by atomic mass is 79.9. The van der Waals surface area contributed by atoms with Crippen molar-refractivity contribution in [3.63, 3.8) is 0 Å². The van der Waals surface area contributed by atoms with Crippen molar-refractivity contribution < 1.29 is 9.47 Å². The first kappa shape index (κ1) is 16.4. The van der Waals surface area contributed by atoms with Crippen molar-refractivity contribution in [1.82, 2.24) is 0 Å². The van der Waals surface area contributed by atoms with Gasteiger partial charge in [0.25, 0.3) is 0 Å². The summed E-state index contributed by atoms with van der Waals surface area (Å²) >= 11 is 3.50. The molecule has 108 valence electrons. The van der Waals surface area contributed by atoms with Crippen LogP contribution in [-0.2, 0) is 9.47 Å². The van der Waals surface area contributed by atoms with Gasteiger partial charge in [0, 0.05) is 43.5 Å². The van der Waals surface area contributed by atoms with Gasteiger partial charge >= 0.3 is 0 Å². The van der Waals surface area contributed by atoms with Gasteiger partial charge in [-0.1, -0.05) is 15.9 Å². The number of halogens is 1. The average Bonchev–Trinajstić information content (AvgIpc) is 2.39. The van der Waals surface area contributed by atoms with Crippen LogP contribution in [0.4, 0.5) is 5.69 Å². The SMILES string of the molecule is COCCN(CCOC)c1ccc(Br)cc1C(C)N. The predicted octanol–water partition coefficient (Wildman–Crippen LogP) is 2.57. The standard InChI is InChI=1S/C14H23BrN2O2/c1-11(16)13-10-12(15)4-5-14(13)17(6-8-18-2)7-9-19-3/h4-5,10-11H,6-9,16H2,1-3H3. The van der Waals surface area contributed by atoms with E-state index in [2.05, 4.69) is 33.0 Å². The molecule has 19 heavy (non-hydrogen) atoms. The quantitative estimate of drug-likeness (QED) is 0.795. The Morgan fingerprint density at radius 2 is 1.79 bits per heavy atom. The van der Waals surface area contributed by atoms with Crippen molar-refractivity contribution in [2.45, 2.75) is 13.0 Å². The van der Waals surface area contributed by atoms with Gasteiger partial charge in [0.1, 0.15) is 0 Å². The second kappa shape index (κ2) is 8.53. The number of nitrogens with zero attached hydrogens (tertiary/aromatic N) is 1. The minimum atomic E-state index is -0.0138. The van der Waals surface area contributed by atoms with Gasteiger partial charge in [-0.2, -0.15) is 0 Å². The summed E-state index contributed by atoms with van der Waals surface area (Å²) in [4.78, 5) is 2.25. The highest BCUT2D eigenvalue weighted by molar-refractivity contribution is 9.10. The lowest BCUT2D eigenvalue weighted by Crippen LogP contribution is -2.32. The van der Waals surface area contributed by atoms with E-state index in [0.717, 1.165) is 28.8 Å². The lowest BCUT2D eigenvalue weighted by molar-refractivity contribution is 0.190. The molecule has 0 radical (unpaired) electrons. The van der Waals surface area contributed by atoms with E-state index < -0.39 is 0 Å². The minimum absolute atomic E-state index is 0.0138. The second-order valence-corrected chi connectivity index (χ2v) is 5.38. The summed E-state index contributed by atoms with van der Waals surface area (Å²) in [6.07, 6.45) is 0. The molecular formula is C14H23BrN2O2. The molecule has 0 aliphatic heterocycles. The van der Waals surface area contributed by atoms with Crippen LogP contribution in [0.5, 0.6) is 0 Å². The Balaban J connectivity index is 2.98. The third-order valence-electron chi connectivity index (χ3n) is 2.95. The monoisotopic (exact) mass is 330 g/mol. The smallest absolute Gasteiger partial charge is 0.0637 e. The molecule has 0 aromatic heterocycles. The topological polar surface area (TPSA) is 47.7 Å². The van der Waals surface area contributed by atoms with E-state index in [-0.39, 0.29) is 6.04 Å². The Bertz CT molecular complexity index is 378. The summed E-state index contributed by atoms with van der Waals surface area (Å²) in [6.45, 7) is 4.99. The number of hydrogen-bond donors (Lipinski definition) is 1. The fraction of sp³-hybridized carbons (Fsp3) is 0.571. The molecule has 0 amide bonds. The third-order valence-corrected chi connectivity index (χ3v) is 3.44. The molecule has 0 aliphatic rings. The first-order chi connectivity index (χ1) is 9.10. The second-order valence-electron chi connectivity index (χ2n) is 4.46. The zero-order chi connectivity index (χ0) is 14.3. The van der Waals surface area contributed by atoms with Crippen LogP contribution in [0.25, 0.3) is 0 Å². The predicted molar refractivity (Wildman–Crippen MR) is 82.7 cm³/mol. The first-order valence-corrected chi connectivity index (χ1v) is 7.17. The van der Waals surface area contributed by atoms with Gasteiger partial charge < -0.3 is 20.1 Å². The van der Waals surface area contributed by atoms with Crippen molar-refractivity contribution in [3.8, 4) is 0 Å². The summed E-state index contributed by atoms with van der Waals surface area (Å²) in [7, 11) is 3.42. The largest absolute Gasteiger partial charge is 0.383 e. The van der Waals surface area contributed by atoms with Crippen LogP contribution in [0.2, 0.25) is 0 Å². The van der Waals surface area contributed by atoms with Crippen LogP contribution in [0.15, 0.2) is 22.7 Å². The molecular weight excluding hydrogens is 308 g/mol. The van der Waals surface area contributed by atoms with Crippen LogP contribution in [0, 0.1) is 0 Å². The van der Waals surface area contributed by atoms with Crippen LogP contribution in [0.3, 0.4) is 0 Å². The zero-order valence-electron chi connectivity index (χ0n) is 11.9. The van der Waals surface area contributed by atoms with E-state index in [1.807, 2.05) is 13.0 Å². The van der Waals surface area contributed by atoms with Crippen molar-refractivity contribution in [2.75, 3.05) is 45.4 Å². The van der Waals surface area contributed by atoms with Crippen molar-refractivity contribution >= 4 is 21.6 Å². The zero-order valence-corrected chi connectivity index (χ0v) is 13.4. The molecule has 1 aromatic rings. The molecule has 0 fully saturated rings. The van der Waals surface area contributed by atoms with E-state index in [0.29, 0.717) is 13.2 Å². The normalized spacial score (nSPS) is 12.5. The van der Waals surface area contributed by atoms with Crippen LogP contribution >= 0.6 is 15.9 Å². The van der Waals surface area contributed by atoms with E-state index in [9.17, 15) is 0 Å². The Labute approximate surface area is 124 Å². The number of rotatable bonds is 8. The molecule has 1 unspecified atom stereocenters. The highest BCUT2D eigenvalue weighted by Gasteiger charge is 2.14. The van der Waals surface area contributed by atoms with E-state index >= 15 is 0 Å². The highest BCUT2D eigenvalue weighted by Crippen LogP contribution is 2.28. The Kier molecular flexibility index (Phi) is 7.38. The molecule has 0 bridgehead atoms. The maximum absolute atomic E-state index is 6.07. The van der Waals surface area contributed by atoms with Gasteiger partial charge in [-0.3, -0.25) is 0 Å². The van der Waals surface area contributed by atoms with Gasteiger partial charge in [0.05, 0.1) is 13.2 Å². The Hall–Kier alpha value is -0.620.